The molecule has 1 aromatic carbocycles. The van der Waals surface area contributed by atoms with Crippen LogP contribution in [0.1, 0.15) is 19.5 Å². The highest BCUT2D eigenvalue weighted by Crippen LogP contribution is 2.34. The maximum absolute atomic E-state index is 4.73. The molecule has 21 heavy (non-hydrogen) atoms. The van der Waals surface area contributed by atoms with E-state index in [1.165, 1.54) is 10.1 Å². The molecule has 3 nitrogen and oxygen atoms in total. The molecule has 0 aliphatic carbocycles. The molecule has 0 atom stereocenters. The summed E-state index contributed by atoms with van der Waals surface area (Å²) in [7, 11) is 0. The van der Waals surface area contributed by atoms with Crippen LogP contribution in [0.4, 0.5) is 5.82 Å². The molecule has 5 heteroatoms. The summed E-state index contributed by atoms with van der Waals surface area (Å²) in [4.78, 5) is 9.44. The second kappa shape index (κ2) is 6.12. The molecule has 0 fully saturated rings. The maximum Gasteiger partial charge on any atom is 0.163 e. The fourth-order valence-electron chi connectivity index (χ4n) is 2.28. The summed E-state index contributed by atoms with van der Waals surface area (Å²) in [6.07, 6.45) is 0.872. The number of benzene rings is 1. The highest BCUT2D eigenvalue weighted by molar-refractivity contribution is 9.10. The van der Waals surface area contributed by atoms with Gasteiger partial charge in [-0.25, -0.2) is 9.97 Å². The van der Waals surface area contributed by atoms with E-state index in [1.54, 1.807) is 11.3 Å². The molecule has 0 aliphatic rings. The maximum atomic E-state index is 4.73. The second-order valence-corrected chi connectivity index (χ2v) is 6.39. The summed E-state index contributed by atoms with van der Waals surface area (Å²) < 4.78 is 2.23. The third-order valence-electron chi connectivity index (χ3n) is 3.32. The van der Waals surface area contributed by atoms with Crippen LogP contribution in [0.5, 0.6) is 0 Å². The Kier molecular flexibility index (Phi) is 4.22. The standard InChI is InChI=1S/C16H16BrN3S/c1-3-12-14(17)16(18-4-2)20-15(19-12)11-9-21-13-8-6-5-7-10(11)13/h5-9H,3-4H2,1-2H3,(H,18,19,20). The Bertz CT molecular complexity index is 782. The van der Waals surface area contributed by atoms with E-state index >= 15 is 0 Å². The largest absolute Gasteiger partial charge is 0.369 e. The first-order chi connectivity index (χ1) is 10.2. The van der Waals surface area contributed by atoms with Crippen molar-refractivity contribution < 1.29 is 0 Å². The number of hydrogen-bond acceptors (Lipinski definition) is 4. The zero-order valence-electron chi connectivity index (χ0n) is 12.0. The van der Waals surface area contributed by atoms with Crippen molar-refractivity contribution >= 4 is 43.2 Å². The topological polar surface area (TPSA) is 37.8 Å². The zero-order valence-corrected chi connectivity index (χ0v) is 14.4. The smallest absolute Gasteiger partial charge is 0.163 e. The van der Waals surface area contributed by atoms with Gasteiger partial charge in [0.15, 0.2) is 5.82 Å². The highest BCUT2D eigenvalue weighted by Gasteiger charge is 2.14. The fourth-order valence-corrected chi connectivity index (χ4v) is 3.82. The minimum absolute atomic E-state index is 0.795. The SMILES string of the molecule is CCNc1nc(-c2csc3ccccc23)nc(CC)c1Br. The lowest BCUT2D eigenvalue weighted by atomic mass is 10.1. The molecule has 0 aliphatic heterocycles. The van der Waals surface area contributed by atoms with Gasteiger partial charge in [0.05, 0.1) is 10.2 Å². The van der Waals surface area contributed by atoms with E-state index < -0.39 is 0 Å². The van der Waals surface area contributed by atoms with Crippen LogP contribution in [-0.4, -0.2) is 16.5 Å². The van der Waals surface area contributed by atoms with Crippen LogP contribution in [0, 0.1) is 0 Å². The number of thiophene rings is 1. The average Bonchev–Trinajstić information content (AvgIpc) is 2.93. The first-order valence-corrected chi connectivity index (χ1v) is 8.68. The van der Waals surface area contributed by atoms with E-state index in [4.69, 9.17) is 9.97 Å². The van der Waals surface area contributed by atoms with Gasteiger partial charge in [-0.3, -0.25) is 0 Å². The van der Waals surface area contributed by atoms with Crippen molar-refractivity contribution in [3.63, 3.8) is 0 Å². The van der Waals surface area contributed by atoms with Gasteiger partial charge in [0, 0.05) is 27.6 Å². The van der Waals surface area contributed by atoms with Gasteiger partial charge in [0.25, 0.3) is 0 Å². The summed E-state index contributed by atoms with van der Waals surface area (Å²) in [5, 5.41) is 6.67. The lowest BCUT2D eigenvalue weighted by Crippen LogP contribution is -2.05. The van der Waals surface area contributed by atoms with E-state index in [2.05, 4.69) is 64.7 Å². The van der Waals surface area contributed by atoms with Gasteiger partial charge in [-0.2, -0.15) is 0 Å². The second-order valence-electron chi connectivity index (χ2n) is 4.69. The van der Waals surface area contributed by atoms with Gasteiger partial charge in [-0.1, -0.05) is 25.1 Å². The molecule has 0 bridgehead atoms. The Labute approximate surface area is 136 Å². The number of fused-ring (bicyclic) bond motifs is 1. The predicted octanol–water partition coefficient (Wildman–Crippen LogP) is 5.12. The zero-order chi connectivity index (χ0) is 14.8. The summed E-state index contributed by atoms with van der Waals surface area (Å²) in [5.41, 5.74) is 2.14. The molecule has 1 N–H and O–H groups in total. The molecular formula is C16H16BrN3S. The van der Waals surface area contributed by atoms with Crippen molar-refractivity contribution in [1.82, 2.24) is 9.97 Å². The Balaban J connectivity index is 2.19. The fraction of sp³-hybridized carbons (Fsp3) is 0.250. The van der Waals surface area contributed by atoms with Crippen molar-refractivity contribution in [2.24, 2.45) is 0 Å². The average molecular weight is 362 g/mol. The van der Waals surface area contributed by atoms with E-state index in [1.807, 2.05) is 0 Å². The minimum atomic E-state index is 0.795. The van der Waals surface area contributed by atoms with Crippen LogP contribution < -0.4 is 5.32 Å². The molecule has 0 spiro atoms. The third kappa shape index (κ3) is 2.68. The van der Waals surface area contributed by atoms with Crippen LogP contribution in [0.15, 0.2) is 34.1 Å². The number of rotatable bonds is 4. The Hall–Kier alpha value is -1.46. The van der Waals surface area contributed by atoms with Crippen LogP contribution in [0.25, 0.3) is 21.5 Å². The van der Waals surface area contributed by atoms with Crippen LogP contribution in [-0.2, 0) is 6.42 Å². The number of anilines is 1. The Morgan fingerprint density at radius 1 is 1.19 bits per heavy atom. The number of halogens is 1. The van der Waals surface area contributed by atoms with E-state index in [0.717, 1.165) is 40.3 Å². The van der Waals surface area contributed by atoms with Crippen LogP contribution in [0.3, 0.4) is 0 Å². The first kappa shape index (κ1) is 14.5. The van der Waals surface area contributed by atoms with Gasteiger partial charge >= 0.3 is 0 Å². The van der Waals surface area contributed by atoms with Crippen LogP contribution >= 0.6 is 27.3 Å². The van der Waals surface area contributed by atoms with Crippen molar-refractivity contribution in [2.75, 3.05) is 11.9 Å². The monoisotopic (exact) mass is 361 g/mol. The third-order valence-corrected chi connectivity index (χ3v) is 5.12. The molecule has 0 saturated carbocycles. The van der Waals surface area contributed by atoms with Crippen molar-refractivity contribution in [3.8, 4) is 11.4 Å². The molecule has 0 radical (unpaired) electrons. The Morgan fingerprint density at radius 3 is 2.76 bits per heavy atom. The first-order valence-electron chi connectivity index (χ1n) is 7.01. The predicted molar refractivity (Wildman–Crippen MR) is 94.1 cm³/mol. The number of aryl methyl sites for hydroxylation is 1. The molecule has 2 heterocycles. The molecule has 0 amide bonds. The number of aromatic nitrogens is 2. The highest BCUT2D eigenvalue weighted by atomic mass is 79.9. The molecule has 3 rings (SSSR count). The number of hydrogen-bond donors (Lipinski definition) is 1. The molecule has 108 valence electrons. The van der Waals surface area contributed by atoms with Gasteiger partial charge in [-0.05, 0) is 35.3 Å². The van der Waals surface area contributed by atoms with Crippen molar-refractivity contribution in [2.45, 2.75) is 20.3 Å². The summed E-state index contributed by atoms with van der Waals surface area (Å²) in [5.74, 6) is 1.66. The van der Waals surface area contributed by atoms with Crippen molar-refractivity contribution in [1.29, 1.82) is 0 Å². The van der Waals surface area contributed by atoms with Gasteiger partial charge in [-0.15, -0.1) is 11.3 Å². The molecule has 3 aromatic rings. The lowest BCUT2D eigenvalue weighted by molar-refractivity contribution is 0.985. The van der Waals surface area contributed by atoms with Crippen LogP contribution in [0.2, 0.25) is 0 Å². The van der Waals surface area contributed by atoms with E-state index in [-0.39, 0.29) is 0 Å². The Morgan fingerprint density at radius 2 is 2.00 bits per heavy atom. The lowest BCUT2D eigenvalue weighted by Gasteiger charge is -2.11. The van der Waals surface area contributed by atoms with E-state index in [9.17, 15) is 0 Å². The van der Waals surface area contributed by atoms with Gasteiger partial charge in [0.1, 0.15) is 5.82 Å². The summed E-state index contributed by atoms with van der Waals surface area (Å²) in [6.45, 7) is 5.01. The molecule has 0 saturated heterocycles. The minimum Gasteiger partial charge on any atom is -0.369 e. The summed E-state index contributed by atoms with van der Waals surface area (Å²) >= 11 is 5.34. The number of nitrogens with zero attached hydrogens (tertiary/aromatic N) is 2. The molecular weight excluding hydrogens is 346 g/mol. The normalized spacial score (nSPS) is 11.0. The number of nitrogens with one attached hydrogen (secondary N) is 1. The van der Waals surface area contributed by atoms with E-state index in [0.29, 0.717) is 0 Å². The van der Waals surface area contributed by atoms with Crippen molar-refractivity contribution in [3.05, 3.63) is 39.8 Å². The molecule has 0 unspecified atom stereocenters. The van der Waals surface area contributed by atoms with Gasteiger partial charge in [0.2, 0.25) is 0 Å². The van der Waals surface area contributed by atoms with Gasteiger partial charge < -0.3 is 5.32 Å². The summed E-state index contributed by atoms with van der Waals surface area (Å²) in [6, 6.07) is 8.38. The quantitative estimate of drug-likeness (QED) is 0.700. The molecule has 2 aromatic heterocycles.